The first-order valence-electron chi connectivity index (χ1n) is 10.3. The number of methoxy groups -OCH3 is 1. The predicted octanol–water partition coefficient (Wildman–Crippen LogP) is 1.36. The summed E-state index contributed by atoms with van der Waals surface area (Å²) >= 11 is 3.34. The molecule has 4 rings (SSSR count). The van der Waals surface area contributed by atoms with E-state index in [1.54, 1.807) is 44.4 Å². The number of rotatable bonds is 7. The number of amides is 1. The molecule has 2 aliphatic rings. The van der Waals surface area contributed by atoms with Crippen molar-refractivity contribution in [2.75, 3.05) is 44.9 Å². The zero-order valence-corrected chi connectivity index (χ0v) is 20.3. The Morgan fingerprint density at radius 1 is 1.32 bits per heavy atom. The highest BCUT2D eigenvalue weighted by Gasteiger charge is 2.38. The smallest absolute Gasteiger partial charge is 0.294 e. The molecule has 0 bridgehead atoms. The van der Waals surface area contributed by atoms with Gasteiger partial charge in [-0.1, -0.05) is 15.9 Å². The standard InChI is InChI=1S/C20H24BrN9O4/c1-22-13-4-11(7-23-8-13)20(31)29-9-15(17(10-29)34-3)24-18-14(19-25-27-28(2)26-19)5-12(21)6-16(18)30(32)33/h4-8,15,17,22,24,27H,9-10H2,1-3H3,(H,25,26)/t15-,17-/m0/s1. The molecule has 1 aromatic heterocycles. The number of pyridine rings is 1. The molecule has 4 N–H and O–H groups in total. The van der Waals surface area contributed by atoms with E-state index in [9.17, 15) is 14.9 Å². The fourth-order valence-electron chi connectivity index (χ4n) is 3.91. The molecule has 1 amide bonds. The lowest BCUT2D eigenvalue weighted by Gasteiger charge is -2.21. The number of carbonyl (C=O) groups excluding carboxylic acids is 1. The Morgan fingerprint density at radius 2 is 2.12 bits per heavy atom. The highest BCUT2D eigenvalue weighted by atomic mass is 79.9. The van der Waals surface area contributed by atoms with Crippen LogP contribution in [0.5, 0.6) is 0 Å². The minimum atomic E-state index is -0.460. The first kappa shape index (κ1) is 23.7. The number of hydrogen-bond donors (Lipinski definition) is 4. The first-order chi connectivity index (χ1) is 16.3. The topological polar surface area (TPSA) is 149 Å². The molecule has 2 aromatic rings. The maximum absolute atomic E-state index is 13.1. The van der Waals surface area contributed by atoms with E-state index in [1.165, 1.54) is 17.4 Å². The van der Waals surface area contributed by atoms with Gasteiger partial charge in [0.25, 0.3) is 11.6 Å². The van der Waals surface area contributed by atoms with E-state index in [-0.39, 0.29) is 29.9 Å². The molecule has 34 heavy (non-hydrogen) atoms. The third-order valence-electron chi connectivity index (χ3n) is 5.58. The van der Waals surface area contributed by atoms with Gasteiger partial charge in [-0.25, -0.2) is 5.53 Å². The molecule has 180 valence electrons. The molecule has 13 nitrogen and oxygen atoms in total. The summed E-state index contributed by atoms with van der Waals surface area (Å²) in [6, 6.07) is 4.48. The van der Waals surface area contributed by atoms with Gasteiger partial charge in [-0.2, -0.15) is 0 Å². The Labute approximate surface area is 203 Å². The average Bonchev–Trinajstić information content (AvgIpc) is 3.45. The highest BCUT2D eigenvalue weighted by Crippen LogP contribution is 2.35. The molecule has 1 fully saturated rings. The Kier molecular flexibility index (Phi) is 6.81. The number of benzene rings is 1. The molecule has 2 atom stereocenters. The molecule has 2 aliphatic heterocycles. The van der Waals surface area contributed by atoms with Crippen LogP contribution in [0, 0.1) is 10.1 Å². The van der Waals surface area contributed by atoms with Gasteiger partial charge >= 0.3 is 0 Å². The number of hydrazine groups is 2. The summed E-state index contributed by atoms with van der Waals surface area (Å²) in [5.74, 6) is 0.207. The summed E-state index contributed by atoms with van der Waals surface area (Å²) in [5.41, 5.74) is 7.53. The fourth-order valence-corrected chi connectivity index (χ4v) is 4.35. The first-order valence-corrected chi connectivity index (χ1v) is 11.1. The van der Waals surface area contributed by atoms with Gasteiger partial charge in [-0.15, -0.1) is 10.2 Å². The van der Waals surface area contributed by atoms with Gasteiger partial charge in [0.05, 0.1) is 33.9 Å². The number of hydrogen-bond acceptors (Lipinski definition) is 11. The number of nitrogens with one attached hydrogen (secondary N) is 4. The second-order valence-electron chi connectivity index (χ2n) is 7.78. The van der Waals surface area contributed by atoms with Crippen molar-refractivity contribution in [3.8, 4) is 0 Å². The summed E-state index contributed by atoms with van der Waals surface area (Å²) in [4.78, 5) is 30.3. The zero-order chi connectivity index (χ0) is 24.4. The number of nitro groups is 1. The Morgan fingerprint density at radius 3 is 2.76 bits per heavy atom. The Hall–Kier alpha value is -3.49. The van der Waals surface area contributed by atoms with Crippen LogP contribution in [0.3, 0.4) is 0 Å². The van der Waals surface area contributed by atoms with E-state index in [4.69, 9.17) is 4.74 Å². The maximum Gasteiger partial charge on any atom is 0.294 e. The monoisotopic (exact) mass is 533 g/mol. The van der Waals surface area contributed by atoms with Crippen molar-refractivity contribution >= 4 is 44.7 Å². The number of amidine groups is 1. The number of halogens is 1. The van der Waals surface area contributed by atoms with Gasteiger partial charge in [-0.3, -0.25) is 25.3 Å². The van der Waals surface area contributed by atoms with E-state index < -0.39 is 11.0 Å². The minimum absolute atomic E-state index is 0.131. The SMILES string of the molecule is CNc1cncc(C(=O)N2C[C@H](Nc3c(C4=NNN(C)N4)cc(Br)cc3[N+](=O)[O-])[C@@H](OC)C2)c1. The summed E-state index contributed by atoms with van der Waals surface area (Å²) in [6.07, 6.45) is 2.75. The number of likely N-dealkylation sites (tertiary alicyclic amines) is 1. The van der Waals surface area contributed by atoms with Crippen LogP contribution in [0.25, 0.3) is 0 Å². The van der Waals surface area contributed by atoms with E-state index in [0.29, 0.717) is 28.0 Å². The lowest BCUT2D eigenvalue weighted by Crippen LogP contribution is -2.39. The van der Waals surface area contributed by atoms with Crippen LogP contribution < -0.4 is 21.6 Å². The lowest BCUT2D eigenvalue weighted by atomic mass is 10.1. The van der Waals surface area contributed by atoms with Crippen molar-refractivity contribution in [3.05, 3.63) is 56.3 Å². The fraction of sp³-hybridized carbons (Fsp3) is 0.350. The second kappa shape index (κ2) is 9.79. The van der Waals surface area contributed by atoms with Crippen molar-refractivity contribution in [1.82, 2.24) is 26.0 Å². The van der Waals surface area contributed by atoms with Crippen molar-refractivity contribution < 1.29 is 14.5 Å². The molecule has 3 heterocycles. The quantitative estimate of drug-likeness (QED) is 0.303. The van der Waals surface area contributed by atoms with Crippen LogP contribution in [0.15, 0.2) is 40.2 Å². The molecular formula is C20H24BrN9O4. The van der Waals surface area contributed by atoms with Crippen LogP contribution >= 0.6 is 15.9 Å². The van der Waals surface area contributed by atoms with Gasteiger partial charge < -0.3 is 20.3 Å². The van der Waals surface area contributed by atoms with Crippen LogP contribution in [0.4, 0.5) is 17.1 Å². The maximum atomic E-state index is 13.1. The normalized spacial score (nSPS) is 19.9. The van der Waals surface area contributed by atoms with Gasteiger partial charge in [-0.05, 0) is 12.1 Å². The molecule has 0 radical (unpaired) electrons. The molecule has 0 spiro atoms. The number of hydrazone groups is 1. The molecule has 14 heteroatoms. The lowest BCUT2D eigenvalue weighted by molar-refractivity contribution is -0.384. The molecule has 1 aromatic carbocycles. The van der Waals surface area contributed by atoms with Crippen molar-refractivity contribution in [3.63, 3.8) is 0 Å². The zero-order valence-electron chi connectivity index (χ0n) is 18.7. The third-order valence-corrected chi connectivity index (χ3v) is 6.04. The Bertz CT molecular complexity index is 1150. The molecule has 0 unspecified atom stereocenters. The number of carbonyl (C=O) groups is 1. The number of anilines is 2. The van der Waals surface area contributed by atoms with Gasteiger partial charge in [0.1, 0.15) is 5.69 Å². The Balaban J connectivity index is 1.64. The van der Waals surface area contributed by atoms with E-state index in [0.717, 1.165) is 5.69 Å². The van der Waals surface area contributed by atoms with Crippen molar-refractivity contribution in [2.24, 2.45) is 5.10 Å². The molecule has 1 saturated heterocycles. The van der Waals surface area contributed by atoms with Crippen LogP contribution in [0.1, 0.15) is 15.9 Å². The van der Waals surface area contributed by atoms with Gasteiger partial charge in [0.2, 0.25) is 0 Å². The number of ether oxygens (including phenoxy) is 1. The van der Waals surface area contributed by atoms with Crippen LogP contribution in [-0.4, -0.2) is 78.1 Å². The van der Waals surface area contributed by atoms with E-state index in [2.05, 4.69) is 47.6 Å². The van der Waals surface area contributed by atoms with E-state index in [1.807, 2.05) is 0 Å². The van der Waals surface area contributed by atoms with E-state index >= 15 is 0 Å². The predicted molar refractivity (Wildman–Crippen MR) is 129 cm³/mol. The third kappa shape index (κ3) is 4.73. The molecular weight excluding hydrogens is 510 g/mol. The summed E-state index contributed by atoms with van der Waals surface area (Å²) in [7, 11) is 5.02. The van der Waals surface area contributed by atoms with Crippen molar-refractivity contribution in [1.29, 1.82) is 0 Å². The minimum Gasteiger partial charge on any atom is -0.387 e. The average molecular weight is 534 g/mol. The van der Waals surface area contributed by atoms with Gasteiger partial charge in [0, 0.05) is 57.2 Å². The molecule has 0 saturated carbocycles. The highest BCUT2D eigenvalue weighted by molar-refractivity contribution is 9.10. The second-order valence-corrected chi connectivity index (χ2v) is 8.70. The van der Waals surface area contributed by atoms with Crippen molar-refractivity contribution in [2.45, 2.75) is 12.1 Å². The van der Waals surface area contributed by atoms with Crippen LogP contribution in [0.2, 0.25) is 0 Å². The summed E-state index contributed by atoms with van der Waals surface area (Å²) in [6.45, 7) is 0.603. The summed E-state index contributed by atoms with van der Waals surface area (Å²) in [5, 5.41) is 23.8. The largest absolute Gasteiger partial charge is 0.387 e. The molecule has 0 aliphatic carbocycles. The number of aromatic nitrogens is 1. The van der Waals surface area contributed by atoms with Crippen LogP contribution in [-0.2, 0) is 4.74 Å². The number of nitro benzene ring substituents is 1. The number of nitrogens with zero attached hydrogens (tertiary/aromatic N) is 5. The summed E-state index contributed by atoms with van der Waals surface area (Å²) < 4.78 is 6.16. The van der Waals surface area contributed by atoms with Gasteiger partial charge in [0.15, 0.2) is 5.84 Å².